The van der Waals surface area contributed by atoms with Crippen LogP contribution in [0.4, 0.5) is 4.39 Å². The highest BCUT2D eigenvalue weighted by Gasteiger charge is 2.26. The molecule has 4 nitrogen and oxygen atoms in total. The smallest absolute Gasteiger partial charge is 0.237 e. The monoisotopic (exact) mass is 344 g/mol. The molecule has 0 saturated carbocycles. The molecule has 0 fully saturated rings. The topological polar surface area (TPSA) is 64.4 Å². The van der Waals surface area contributed by atoms with Gasteiger partial charge in [-0.05, 0) is 28.7 Å². The number of nitrogens with one attached hydrogen (secondary N) is 1. The van der Waals surface area contributed by atoms with E-state index in [9.17, 15) is 9.18 Å². The molecule has 0 aliphatic heterocycles. The number of rotatable bonds is 6. The van der Waals surface area contributed by atoms with Crippen LogP contribution in [0.25, 0.3) is 0 Å². The number of carbonyl (C=O) groups excluding carboxylic acids is 1. The van der Waals surface area contributed by atoms with Crippen molar-refractivity contribution in [1.82, 2.24) is 5.32 Å². The van der Waals surface area contributed by atoms with Gasteiger partial charge in [0.05, 0.1) is 6.04 Å². The van der Waals surface area contributed by atoms with Gasteiger partial charge in [-0.2, -0.15) is 0 Å². The van der Waals surface area contributed by atoms with Crippen LogP contribution < -0.4 is 15.8 Å². The van der Waals surface area contributed by atoms with E-state index >= 15 is 0 Å². The second-order valence-corrected chi connectivity index (χ2v) is 7.12. The summed E-state index contributed by atoms with van der Waals surface area (Å²) < 4.78 is 18.7. The Morgan fingerprint density at radius 1 is 1.16 bits per heavy atom. The van der Waals surface area contributed by atoms with E-state index in [-0.39, 0.29) is 17.1 Å². The van der Waals surface area contributed by atoms with Crippen LogP contribution >= 0.6 is 0 Å². The molecule has 1 atom stereocenters. The average molecular weight is 344 g/mol. The fourth-order valence-electron chi connectivity index (χ4n) is 2.17. The Bertz CT molecular complexity index is 708. The van der Waals surface area contributed by atoms with Gasteiger partial charge >= 0.3 is 0 Å². The fourth-order valence-corrected chi connectivity index (χ4v) is 2.17. The molecule has 2 aromatic carbocycles. The van der Waals surface area contributed by atoms with Gasteiger partial charge < -0.3 is 15.8 Å². The molecular formula is C20H25FN2O2. The first-order chi connectivity index (χ1) is 11.8. The quantitative estimate of drug-likeness (QED) is 0.844. The van der Waals surface area contributed by atoms with Crippen molar-refractivity contribution in [3.8, 4) is 5.75 Å². The molecule has 0 spiro atoms. The predicted octanol–water partition coefficient (Wildman–Crippen LogP) is 3.39. The van der Waals surface area contributed by atoms with Crippen molar-refractivity contribution in [1.29, 1.82) is 0 Å². The molecule has 134 valence electrons. The first-order valence-electron chi connectivity index (χ1n) is 8.25. The van der Waals surface area contributed by atoms with E-state index in [4.69, 9.17) is 10.5 Å². The summed E-state index contributed by atoms with van der Waals surface area (Å²) in [6.07, 6.45) is 0. The Kier molecular flexibility index (Phi) is 6.15. The van der Waals surface area contributed by atoms with Crippen LogP contribution in [0, 0.1) is 11.2 Å². The molecule has 0 unspecified atom stereocenters. The average Bonchev–Trinajstić information content (AvgIpc) is 2.57. The molecule has 2 aromatic rings. The molecule has 25 heavy (non-hydrogen) atoms. The lowest BCUT2D eigenvalue weighted by atomic mass is 9.87. The maximum atomic E-state index is 13.1. The van der Waals surface area contributed by atoms with Gasteiger partial charge in [0.1, 0.15) is 18.2 Å². The van der Waals surface area contributed by atoms with Gasteiger partial charge in [0.25, 0.3) is 0 Å². The Labute approximate surface area is 148 Å². The third-order valence-corrected chi connectivity index (χ3v) is 3.91. The molecule has 2 rings (SSSR count). The van der Waals surface area contributed by atoms with Gasteiger partial charge in [-0.1, -0.05) is 51.1 Å². The molecule has 5 heteroatoms. The van der Waals surface area contributed by atoms with Crippen LogP contribution in [0.15, 0.2) is 48.5 Å². The van der Waals surface area contributed by atoms with E-state index in [1.54, 1.807) is 12.1 Å². The largest absolute Gasteiger partial charge is 0.489 e. The number of nitrogens with two attached hydrogens (primary N) is 1. The Balaban J connectivity index is 1.84. The van der Waals surface area contributed by atoms with Crippen LogP contribution in [0.3, 0.4) is 0 Å². The van der Waals surface area contributed by atoms with Crippen molar-refractivity contribution in [3.63, 3.8) is 0 Å². The fraction of sp³-hybridized carbons (Fsp3) is 0.350. The SMILES string of the molecule is CC(C)(C)[C@@H](N)C(=O)NCc1ccc(COc2cccc(F)c2)cc1. The molecule has 0 aliphatic carbocycles. The number of ether oxygens (including phenoxy) is 1. The third-order valence-electron chi connectivity index (χ3n) is 3.91. The lowest BCUT2D eigenvalue weighted by molar-refractivity contribution is -0.124. The zero-order valence-electron chi connectivity index (χ0n) is 14.9. The molecule has 3 N–H and O–H groups in total. The summed E-state index contributed by atoms with van der Waals surface area (Å²) in [7, 11) is 0. The molecule has 0 aliphatic rings. The number of hydrogen-bond donors (Lipinski definition) is 2. The van der Waals surface area contributed by atoms with Gasteiger partial charge in [0, 0.05) is 12.6 Å². The van der Waals surface area contributed by atoms with Crippen LogP contribution in [0.1, 0.15) is 31.9 Å². The molecule has 0 heterocycles. The van der Waals surface area contributed by atoms with E-state index < -0.39 is 6.04 Å². The minimum absolute atomic E-state index is 0.161. The molecular weight excluding hydrogens is 319 g/mol. The van der Waals surface area contributed by atoms with Gasteiger partial charge in [-0.3, -0.25) is 4.79 Å². The highest BCUT2D eigenvalue weighted by Crippen LogP contribution is 2.17. The number of amides is 1. The van der Waals surface area contributed by atoms with Gasteiger partial charge in [-0.25, -0.2) is 4.39 Å². The highest BCUT2D eigenvalue weighted by atomic mass is 19.1. The predicted molar refractivity (Wildman–Crippen MR) is 96.5 cm³/mol. The first-order valence-corrected chi connectivity index (χ1v) is 8.25. The van der Waals surface area contributed by atoms with E-state index in [0.717, 1.165) is 11.1 Å². The van der Waals surface area contributed by atoms with Crippen LogP contribution in [-0.4, -0.2) is 11.9 Å². The lowest BCUT2D eigenvalue weighted by Crippen LogP contribution is -2.48. The number of benzene rings is 2. The normalized spacial score (nSPS) is 12.5. The van der Waals surface area contributed by atoms with Crippen molar-refractivity contribution in [2.75, 3.05) is 0 Å². The molecule has 0 radical (unpaired) electrons. The third kappa shape index (κ3) is 5.87. The van der Waals surface area contributed by atoms with Crippen molar-refractivity contribution < 1.29 is 13.9 Å². The summed E-state index contributed by atoms with van der Waals surface area (Å²) in [6.45, 7) is 6.58. The van der Waals surface area contributed by atoms with Crippen molar-refractivity contribution in [2.45, 2.75) is 40.0 Å². The van der Waals surface area contributed by atoms with Crippen LogP contribution in [0.2, 0.25) is 0 Å². The molecule has 1 amide bonds. The molecule has 0 bridgehead atoms. The first kappa shape index (κ1) is 18.9. The van der Waals surface area contributed by atoms with Crippen molar-refractivity contribution in [2.24, 2.45) is 11.1 Å². The summed E-state index contributed by atoms with van der Waals surface area (Å²) in [5.74, 6) is 0.00979. The van der Waals surface area contributed by atoms with Gasteiger partial charge in [-0.15, -0.1) is 0 Å². The second-order valence-electron chi connectivity index (χ2n) is 7.12. The minimum Gasteiger partial charge on any atom is -0.489 e. The van der Waals surface area contributed by atoms with Gasteiger partial charge in [0.15, 0.2) is 0 Å². The summed E-state index contributed by atoms with van der Waals surface area (Å²) in [4.78, 5) is 12.0. The molecule has 0 aromatic heterocycles. The Hall–Kier alpha value is -2.40. The number of hydrogen-bond acceptors (Lipinski definition) is 3. The van der Waals surface area contributed by atoms with Crippen molar-refractivity contribution >= 4 is 5.91 Å². The van der Waals surface area contributed by atoms with Crippen LogP contribution in [-0.2, 0) is 17.9 Å². The summed E-state index contributed by atoms with van der Waals surface area (Å²) in [5, 5.41) is 2.85. The Morgan fingerprint density at radius 3 is 2.40 bits per heavy atom. The number of carbonyl (C=O) groups is 1. The van der Waals surface area contributed by atoms with Crippen LogP contribution in [0.5, 0.6) is 5.75 Å². The lowest BCUT2D eigenvalue weighted by Gasteiger charge is -2.25. The Morgan fingerprint density at radius 2 is 1.80 bits per heavy atom. The zero-order chi connectivity index (χ0) is 18.4. The second kappa shape index (κ2) is 8.12. The maximum absolute atomic E-state index is 13.1. The van der Waals surface area contributed by atoms with E-state index in [0.29, 0.717) is 18.9 Å². The summed E-state index contributed by atoms with van der Waals surface area (Å²) in [5.41, 5.74) is 7.60. The highest BCUT2D eigenvalue weighted by molar-refractivity contribution is 5.82. The van der Waals surface area contributed by atoms with Crippen molar-refractivity contribution in [3.05, 3.63) is 65.5 Å². The van der Waals surface area contributed by atoms with E-state index in [1.165, 1.54) is 12.1 Å². The maximum Gasteiger partial charge on any atom is 0.237 e. The minimum atomic E-state index is -0.550. The summed E-state index contributed by atoms with van der Waals surface area (Å²) in [6, 6.07) is 13.2. The van der Waals surface area contributed by atoms with E-state index in [1.807, 2.05) is 45.0 Å². The van der Waals surface area contributed by atoms with Gasteiger partial charge in [0.2, 0.25) is 5.91 Å². The standard InChI is InChI=1S/C20H25FN2O2/c1-20(2,3)18(22)19(24)23-12-14-7-9-15(10-8-14)13-25-17-6-4-5-16(21)11-17/h4-11,18H,12-13,22H2,1-3H3,(H,23,24)/t18-/m0/s1. The zero-order valence-corrected chi connectivity index (χ0v) is 14.9. The number of halogens is 1. The van der Waals surface area contributed by atoms with E-state index in [2.05, 4.69) is 5.32 Å². The molecule has 0 saturated heterocycles. The summed E-state index contributed by atoms with van der Waals surface area (Å²) >= 11 is 0.